The highest BCUT2D eigenvalue weighted by atomic mass is 16.2. The number of fused-ring (bicyclic) bond motifs is 1. The SMILES string of the molecule is O=C(C1CC(=O)N(C2CC2)C1)N1CCc2ncccc2C1. The molecule has 2 fully saturated rings. The zero-order chi connectivity index (χ0) is 14.4. The Kier molecular flexibility index (Phi) is 2.94. The molecule has 1 aromatic rings. The van der Waals surface area contributed by atoms with Crippen LogP contribution in [0.15, 0.2) is 18.3 Å². The standard InChI is InChI=1S/C16H19N3O2/c20-15-8-12(10-19(15)13-3-4-13)16(21)18-7-5-14-11(9-18)2-1-6-17-14/h1-2,6,12-13H,3-5,7-10H2. The number of aromatic nitrogens is 1. The van der Waals surface area contributed by atoms with E-state index >= 15 is 0 Å². The van der Waals surface area contributed by atoms with E-state index in [9.17, 15) is 9.59 Å². The lowest BCUT2D eigenvalue weighted by molar-refractivity contribution is -0.136. The van der Waals surface area contributed by atoms with Gasteiger partial charge in [0.05, 0.1) is 5.92 Å². The van der Waals surface area contributed by atoms with Crippen LogP contribution >= 0.6 is 0 Å². The van der Waals surface area contributed by atoms with Crippen LogP contribution in [-0.4, -0.2) is 45.7 Å². The van der Waals surface area contributed by atoms with Gasteiger partial charge in [0, 0.05) is 50.4 Å². The molecule has 1 saturated carbocycles. The predicted octanol–water partition coefficient (Wildman–Crippen LogP) is 0.977. The van der Waals surface area contributed by atoms with E-state index in [0.717, 1.165) is 37.1 Å². The van der Waals surface area contributed by atoms with Crippen molar-refractivity contribution >= 4 is 11.8 Å². The second-order valence-corrected chi connectivity index (χ2v) is 6.30. The van der Waals surface area contributed by atoms with Gasteiger partial charge < -0.3 is 9.80 Å². The Hall–Kier alpha value is -1.91. The number of amides is 2. The highest BCUT2D eigenvalue weighted by molar-refractivity contribution is 5.89. The molecule has 2 aliphatic heterocycles. The minimum atomic E-state index is -0.142. The number of pyridine rings is 1. The molecule has 1 aromatic heterocycles. The van der Waals surface area contributed by atoms with E-state index in [1.54, 1.807) is 6.20 Å². The second-order valence-electron chi connectivity index (χ2n) is 6.30. The van der Waals surface area contributed by atoms with Gasteiger partial charge in [0.2, 0.25) is 11.8 Å². The first-order chi connectivity index (χ1) is 10.2. The van der Waals surface area contributed by atoms with Crippen LogP contribution in [0.4, 0.5) is 0 Å². The minimum absolute atomic E-state index is 0.140. The average molecular weight is 285 g/mol. The van der Waals surface area contributed by atoms with Crippen molar-refractivity contribution < 1.29 is 9.59 Å². The Morgan fingerprint density at radius 2 is 2.19 bits per heavy atom. The Morgan fingerprint density at radius 3 is 3.00 bits per heavy atom. The molecule has 1 saturated heterocycles. The molecule has 110 valence electrons. The largest absolute Gasteiger partial charge is 0.339 e. The van der Waals surface area contributed by atoms with Gasteiger partial charge in [-0.05, 0) is 24.5 Å². The average Bonchev–Trinajstić information content (AvgIpc) is 3.28. The number of hydrogen-bond acceptors (Lipinski definition) is 3. The van der Waals surface area contributed by atoms with Gasteiger partial charge in [-0.15, -0.1) is 0 Å². The molecule has 0 bridgehead atoms. The molecular weight excluding hydrogens is 266 g/mol. The number of hydrogen-bond donors (Lipinski definition) is 0. The van der Waals surface area contributed by atoms with Crippen LogP contribution in [0, 0.1) is 5.92 Å². The molecule has 1 aliphatic carbocycles. The molecule has 1 unspecified atom stereocenters. The first-order valence-corrected chi connectivity index (χ1v) is 7.73. The summed E-state index contributed by atoms with van der Waals surface area (Å²) in [6.07, 6.45) is 5.23. The fourth-order valence-electron chi connectivity index (χ4n) is 3.45. The van der Waals surface area contributed by atoms with Gasteiger partial charge in [0.1, 0.15) is 0 Å². The number of rotatable bonds is 2. The summed E-state index contributed by atoms with van der Waals surface area (Å²) < 4.78 is 0. The molecular formula is C16H19N3O2. The molecule has 2 amide bonds. The molecule has 5 heteroatoms. The molecule has 3 aliphatic rings. The van der Waals surface area contributed by atoms with Gasteiger partial charge in [-0.25, -0.2) is 0 Å². The summed E-state index contributed by atoms with van der Waals surface area (Å²) in [5.41, 5.74) is 2.24. The lowest BCUT2D eigenvalue weighted by Gasteiger charge is -2.30. The normalized spacial score (nSPS) is 25.1. The van der Waals surface area contributed by atoms with Gasteiger partial charge in [-0.2, -0.15) is 0 Å². The number of carbonyl (C=O) groups excluding carboxylic acids is 2. The molecule has 5 nitrogen and oxygen atoms in total. The number of nitrogens with zero attached hydrogens (tertiary/aromatic N) is 3. The molecule has 4 rings (SSSR count). The summed E-state index contributed by atoms with van der Waals surface area (Å²) in [6.45, 7) is 1.98. The minimum Gasteiger partial charge on any atom is -0.339 e. The number of carbonyl (C=O) groups is 2. The zero-order valence-electron chi connectivity index (χ0n) is 12.0. The van der Waals surface area contributed by atoms with E-state index in [2.05, 4.69) is 4.98 Å². The van der Waals surface area contributed by atoms with Crippen molar-refractivity contribution in [1.82, 2.24) is 14.8 Å². The molecule has 1 atom stereocenters. The lowest BCUT2D eigenvalue weighted by atomic mass is 10.0. The smallest absolute Gasteiger partial charge is 0.228 e. The topological polar surface area (TPSA) is 53.5 Å². The van der Waals surface area contributed by atoms with Crippen LogP contribution in [0.25, 0.3) is 0 Å². The fourth-order valence-corrected chi connectivity index (χ4v) is 3.45. The van der Waals surface area contributed by atoms with Crippen LogP contribution < -0.4 is 0 Å². The van der Waals surface area contributed by atoms with Crippen LogP contribution in [0.1, 0.15) is 30.5 Å². The lowest BCUT2D eigenvalue weighted by Crippen LogP contribution is -2.41. The van der Waals surface area contributed by atoms with E-state index in [0.29, 0.717) is 25.6 Å². The van der Waals surface area contributed by atoms with Crippen molar-refractivity contribution in [2.45, 2.75) is 38.3 Å². The first kappa shape index (κ1) is 12.8. The summed E-state index contributed by atoms with van der Waals surface area (Å²) in [6, 6.07) is 4.38. The second kappa shape index (κ2) is 4.83. The Balaban J connectivity index is 1.45. The summed E-state index contributed by atoms with van der Waals surface area (Å²) >= 11 is 0. The van der Waals surface area contributed by atoms with Gasteiger partial charge in [0.15, 0.2) is 0 Å². The Labute approximate surface area is 123 Å². The summed E-state index contributed by atoms with van der Waals surface area (Å²) in [5.74, 6) is 0.159. The van der Waals surface area contributed by atoms with Gasteiger partial charge in [-0.3, -0.25) is 14.6 Å². The third-order valence-corrected chi connectivity index (χ3v) is 4.77. The maximum atomic E-state index is 12.7. The zero-order valence-corrected chi connectivity index (χ0v) is 12.0. The van der Waals surface area contributed by atoms with Crippen molar-refractivity contribution in [2.24, 2.45) is 5.92 Å². The van der Waals surface area contributed by atoms with Crippen molar-refractivity contribution in [3.63, 3.8) is 0 Å². The van der Waals surface area contributed by atoms with Gasteiger partial charge >= 0.3 is 0 Å². The Morgan fingerprint density at radius 1 is 1.33 bits per heavy atom. The molecule has 0 aromatic carbocycles. The number of likely N-dealkylation sites (tertiary alicyclic amines) is 1. The van der Waals surface area contributed by atoms with E-state index < -0.39 is 0 Å². The molecule has 21 heavy (non-hydrogen) atoms. The highest BCUT2D eigenvalue weighted by Crippen LogP contribution is 2.33. The maximum Gasteiger partial charge on any atom is 0.228 e. The van der Waals surface area contributed by atoms with E-state index in [4.69, 9.17) is 0 Å². The third-order valence-electron chi connectivity index (χ3n) is 4.77. The fraction of sp³-hybridized carbons (Fsp3) is 0.562. The van der Waals surface area contributed by atoms with Crippen molar-refractivity contribution in [1.29, 1.82) is 0 Å². The quantitative estimate of drug-likeness (QED) is 0.814. The van der Waals surface area contributed by atoms with Crippen molar-refractivity contribution in [3.8, 4) is 0 Å². The molecule has 3 heterocycles. The highest BCUT2D eigenvalue weighted by Gasteiger charge is 2.43. The molecule has 0 radical (unpaired) electrons. The molecule has 0 spiro atoms. The van der Waals surface area contributed by atoms with Gasteiger partial charge in [-0.1, -0.05) is 6.07 Å². The van der Waals surface area contributed by atoms with Crippen LogP contribution in [-0.2, 0) is 22.6 Å². The summed E-state index contributed by atoms with van der Waals surface area (Å²) in [4.78, 5) is 32.9. The predicted molar refractivity (Wildman–Crippen MR) is 76.2 cm³/mol. The van der Waals surface area contributed by atoms with Crippen molar-refractivity contribution in [3.05, 3.63) is 29.6 Å². The summed E-state index contributed by atoms with van der Waals surface area (Å²) in [5, 5.41) is 0. The van der Waals surface area contributed by atoms with E-state index in [-0.39, 0.29) is 17.7 Å². The molecule has 0 N–H and O–H groups in total. The Bertz CT molecular complexity index is 597. The van der Waals surface area contributed by atoms with Crippen LogP contribution in [0.5, 0.6) is 0 Å². The summed E-state index contributed by atoms with van der Waals surface area (Å²) in [7, 11) is 0. The maximum absolute atomic E-state index is 12.7. The van der Waals surface area contributed by atoms with Crippen molar-refractivity contribution in [2.75, 3.05) is 13.1 Å². The van der Waals surface area contributed by atoms with Crippen LogP contribution in [0.3, 0.4) is 0 Å². The third kappa shape index (κ3) is 2.30. The van der Waals surface area contributed by atoms with E-state index in [1.165, 1.54) is 0 Å². The van der Waals surface area contributed by atoms with Crippen LogP contribution in [0.2, 0.25) is 0 Å². The first-order valence-electron chi connectivity index (χ1n) is 7.73. The monoisotopic (exact) mass is 285 g/mol. The van der Waals surface area contributed by atoms with E-state index in [1.807, 2.05) is 21.9 Å². The van der Waals surface area contributed by atoms with Gasteiger partial charge in [0.25, 0.3) is 0 Å².